The van der Waals surface area contributed by atoms with Gasteiger partial charge in [0.1, 0.15) is 11.5 Å². The van der Waals surface area contributed by atoms with Gasteiger partial charge in [0.2, 0.25) is 0 Å². The quantitative estimate of drug-likeness (QED) is 0.493. The topological polar surface area (TPSA) is 98.7 Å². The summed E-state index contributed by atoms with van der Waals surface area (Å²) in [6.07, 6.45) is -1.49. The fourth-order valence-corrected chi connectivity index (χ4v) is 5.32. The molecule has 0 aliphatic carbocycles. The number of nitrogens with zero attached hydrogens (tertiary/aromatic N) is 4. The van der Waals surface area contributed by atoms with Crippen LogP contribution in [0.1, 0.15) is 79.7 Å². The number of alkyl halides is 3. The van der Waals surface area contributed by atoms with Crippen molar-refractivity contribution >= 4 is 29.0 Å². The highest BCUT2D eigenvalue weighted by Crippen LogP contribution is 2.42. The smallest absolute Gasteiger partial charge is 0.395 e. The highest BCUT2D eigenvalue weighted by atomic mass is 32.1. The maximum Gasteiger partial charge on any atom is 0.417 e. The molecule has 2 amide bonds. The number of carbonyl (C=O) groups excluding carboxylic acids is 2. The van der Waals surface area contributed by atoms with Crippen LogP contribution >= 0.6 is 11.3 Å². The number of rotatable bonds is 8. The van der Waals surface area contributed by atoms with Gasteiger partial charge in [0.05, 0.1) is 17.0 Å². The monoisotopic (exact) mass is 541 g/mol. The van der Waals surface area contributed by atoms with Crippen LogP contribution in [0.3, 0.4) is 0 Å². The van der Waals surface area contributed by atoms with Crippen molar-refractivity contribution < 1.29 is 27.9 Å². The number of nitrogens with one attached hydrogen (secondary N) is 1. The number of likely N-dealkylation sites (tertiary alicyclic amines) is 1. The van der Waals surface area contributed by atoms with E-state index in [2.05, 4.69) is 15.3 Å². The number of halogens is 3. The molecule has 2 N–H and O–H groups in total. The molecule has 0 aromatic carbocycles. The summed E-state index contributed by atoms with van der Waals surface area (Å²) in [5, 5.41) is 12.2. The Morgan fingerprint density at radius 1 is 1.27 bits per heavy atom. The molecule has 1 fully saturated rings. The lowest BCUT2D eigenvalue weighted by Gasteiger charge is -2.23. The van der Waals surface area contributed by atoms with E-state index in [9.17, 15) is 27.9 Å². The predicted molar refractivity (Wildman–Crippen MR) is 137 cm³/mol. The molecule has 3 rings (SSSR count). The maximum atomic E-state index is 14.3. The van der Waals surface area contributed by atoms with Crippen molar-refractivity contribution in [1.29, 1.82) is 0 Å². The van der Waals surface area contributed by atoms with Crippen LogP contribution < -0.4 is 5.32 Å². The Labute approximate surface area is 218 Å². The zero-order chi connectivity index (χ0) is 27.5. The lowest BCUT2D eigenvalue weighted by Crippen LogP contribution is -2.35. The Kier molecular flexibility index (Phi) is 8.84. The first-order chi connectivity index (χ1) is 17.3. The van der Waals surface area contributed by atoms with E-state index in [1.54, 1.807) is 25.7 Å². The average molecular weight is 542 g/mol. The van der Waals surface area contributed by atoms with E-state index in [0.29, 0.717) is 19.5 Å². The van der Waals surface area contributed by atoms with Gasteiger partial charge in [0.15, 0.2) is 5.01 Å². The zero-order valence-electron chi connectivity index (χ0n) is 21.8. The molecule has 0 unspecified atom stereocenters. The minimum atomic E-state index is -4.74. The summed E-state index contributed by atoms with van der Waals surface area (Å²) in [5.74, 6) is -1.00. The second-order valence-electron chi connectivity index (χ2n) is 10.2. The highest BCUT2D eigenvalue weighted by Gasteiger charge is 2.38. The molecule has 0 saturated carbocycles. The summed E-state index contributed by atoms with van der Waals surface area (Å²) >= 11 is 0.747. The van der Waals surface area contributed by atoms with Crippen LogP contribution in [-0.4, -0.2) is 74.5 Å². The number of amides is 2. The van der Waals surface area contributed by atoms with Crippen LogP contribution in [0.2, 0.25) is 0 Å². The first-order valence-corrected chi connectivity index (χ1v) is 13.2. The average Bonchev–Trinajstić information content (AvgIpc) is 3.43. The SMILES string of the molecule is CCCN(CCO)C(=O)c1nc(C(=O)N2CCC[C@@H]2C)c(-c2cnc(NC(C)(C)C)cc2C(F)(F)F)s1. The Balaban J connectivity index is 2.18. The Hall–Kier alpha value is -2.73. The van der Waals surface area contributed by atoms with E-state index in [0.717, 1.165) is 36.4 Å². The Morgan fingerprint density at radius 3 is 2.51 bits per heavy atom. The van der Waals surface area contributed by atoms with Crippen molar-refractivity contribution in [2.75, 3.05) is 31.6 Å². The predicted octanol–water partition coefficient (Wildman–Crippen LogP) is 4.90. The van der Waals surface area contributed by atoms with Gasteiger partial charge in [0, 0.05) is 43.0 Å². The van der Waals surface area contributed by atoms with Gasteiger partial charge in [-0.25, -0.2) is 9.97 Å². The molecule has 0 bridgehead atoms. The molecule has 0 radical (unpaired) electrons. The fourth-order valence-electron chi connectivity index (χ4n) is 4.27. The van der Waals surface area contributed by atoms with Crippen molar-refractivity contribution in [3.05, 3.63) is 28.5 Å². The van der Waals surface area contributed by atoms with E-state index in [1.807, 2.05) is 13.8 Å². The summed E-state index contributed by atoms with van der Waals surface area (Å²) in [6, 6.07) is 0.828. The van der Waals surface area contributed by atoms with Crippen molar-refractivity contribution in [3.8, 4) is 10.4 Å². The molecule has 8 nitrogen and oxygen atoms in total. The molecule has 204 valence electrons. The molecule has 1 saturated heterocycles. The zero-order valence-corrected chi connectivity index (χ0v) is 22.6. The number of hydrogen-bond acceptors (Lipinski definition) is 7. The molecule has 3 heterocycles. The molecule has 1 atom stereocenters. The van der Waals surface area contributed by atoms with Crippen LogP contribution in [0, 0.1) is 0 Å². The largest absolute Gasteiger partial charge is 0.417 e. The van der Waals surface area contributed by atoms with Crippen molar-refractivity contribution in [2.45, 2.75) is 71.6 Å². The molecule has 12 heteroatoms. The Morgan fingerprint density at radius 2 is 1.97 bits per heavy atom. The maximum absolute atomic E-state index is 14.3. The first kappa shape index (κ1) is 28.8. The summed E-state index contributed by atoms with van der Waals surface area (Å²) in [5.41, 5.74) is -1.99. The van der Waals surface area contributed by atoms with E-state index in [-0.39, 0.29) is 46.2 Å². The van der Waals surface area contributed by atoms with E-state index < -0.39 is 29.1 Å². The minimum absolute atomic E-state index is 0.0440. The van der Waals surface area contributed by atoms with Crippen molar-refractivity contribution in [1.82, 2.24) is 19.8 Å². The van der Waals surface area contributed by atoms with Gasteiger partial charge in [-0.05, 0) is 53.0 Å². The van der Waals surface area contributed by atoms with Crippen LogP contribution in [0.15, 0.2) is 12.3 Å². The number of hydrogen-bond donors (Lipinski definition) is 2. The van der Waals surface area contributed by atoms with Gasteiger partial charge >= 0.3 is 6.18 Å². The Bertz CT molecular complexity index is 1120. The molecular weight excluding hydrogens is 507 g/mol. The van der Waals surface area contributed by atoms with E-state index in [1.165, 1.54) is 4.90 Å². The first-order valence-electron chi connectivity index (χ1n) is 12.3. The molecule has 2 aromatic heterocycles. The number of aliphatic hydroxyl groups excluding tert-OH is 1. The molecule has 1 aliphatic rings. The van der Waals surface area contributed by atoms with E-state index >= 15 is 0 Å². The van der Waals surface area contributed by atoms with Gasteiger partial charge in [-0.2, -0.15) is 13.2 Å². The second-order valence-corrected chi connectivity index (χ2v) is 11.2. The lowest BCUT2D eigenvalue weighted by atomic mass is 10.1. The molecule has 2 aromatic rings. The minimum Gasteiger partial charge on any atom is -0.395 e. The fraction of sp³-hybridized carbons (Fsp3) is 0.600. The number of aliphatic hydroxyl groups is 1. The molecule has 0 spiro atoms. The third-order valence-electron chi connectivity index (χ3n) is 5.93. The normalized spacial score (nSPS) is 16.2. The van der Waals surface area contributed by atoms with Crippen LogP contribution in [0.5, 0.6) is 0 Å². The molecule has 1 aliphatic heterocycles. The number of carbonyl (C=O) groups is 2. The standard InChI is InChI=1S/C25H34F3N5O3S/c1-6-9-32(11-12-34)23(36)21-30-19(22(35)33-10-7-8-15(33)2)20(37-21)16-14-29-18(31-24(3,4)5)13-17(16)25(26,27)28/h13-15,34H,6-12H2,1-5H3,(H,29,31)/t15-/m0/s1. The summed E-state index contributed by atoms with van der Waals surface area (Å²) < 4.78 is 42.8. The summed E-state index contributed by atoms with van der Waals surface area (Å²) in [6.45, 7) is 9.74. The number of aromatic nitrogens is 2. The van der Waals surface area contributed by atoms with Gasteiger partial charge in [0.25, 0.3) is 11.8 Å². The van der Waals surface area contributed by atoms with Crippen LogP contribution in [0.25, 0.3) is 10.4 Å². The van der Waals surface area contributed by atoms with Crippen LogP contribution in [-0.2, 0) is 6.18 Å². The molecular formula is C25H34F3N5O3S. The van der Waals surface area contributed by atoms with Gasteiger partial charge < -0.3 is 20.2 Å². The van der Waals surface area contributed by atoms with Gasteiger partial charge in [-0.3, -0.25) is 9.59 Å². The van der Waals surface area contributed by atoms with Gasteiger partial charge in [-0.1, -0.05) is 6.92 Å². The number of anilines is 1. The summed E-state index contributed by atoms with van der Waals surface area (Å²) in [4.78, 5) is 38.1. The van der Waals surface area contributed by atoms with Crippen LogP contribution in [0.4, 0.5) is 19.0 Å². The van der Waals surface area contributed by atoms with Crippen molar-refractivity contribution in [2.24, 2.45) is 0 Å². The van der Waals surface area contributed by atoms with Crippen molar-refractivity contribution in [3.63, 3.8) is 0 Å². The van der Waals surface area contributed by atoms with Gasteiger partial charge in [-0.15, -0.1) is 11.3 Å². The lowest BCUT2D eigenvalue weighted by molar-refractivity contribution is -0.137. The number of pyridine rings is 1. The second kappa shape index (κ2) is 11.3. The molecule has 37 heavy (non-hydrogen) atoms. The third-order valence-corrected chi connectivity index (χ3v) is 7.01. The third kappa shape index (κ3) is 6.78. The van der Waals surface area contributed by atoms with E-state index in [4.69, 9.17) is 0 Å². The highest BCUT2D eigenvalue weighted by molar-refractivity contribution is 7.17. The summed E-state index contributed by atoms with van der Waals surface area (Å²) in [7, 11) is 0. The number of thiazole rings is 1.